The van der Waals surface area contributed by atoms with Gasteiger partial charge in [-0.3, -0.25) is 4.79 Å². The second kappa shape index (κ2) is 4.80. The van der Waals surface area contributed by atoms with Gasteiger partial charge in [-0.1, -0.05) is 42.5 Å². The summed E-state index contributed by atoms with van der Waals surface area (Å²) in [5.41, 5.74) is 1.27. The van der Waals surface area contributed by atoms with Gasteiger partial charge in [0.15, 0.2) is 11.6 Å². The van der Waals surface area contributed by atoms with Crippen molar-refractivity contribution in [2.75, 3.05) is 0 Å². The van der Waals surface area contributed by atoms with Crippen molar-refractivity contribution in [3.63, 3.8) is 0 Å². The van der Waals surface area contributed by atoms with Gasteiger partial charge in [0.1, 0.15) is 5.58 Å². The Morgan fingerprint density at radius 1 is 0.833 bits per heavy atom. The number of furan rings is 1. The van der Waals surface area contributed by atoms with Crippen LogP contribution in [-0.2, 0) is 0 Å². The van der Waals surface area contributed by atoms with Gasteiger partial charge in [0.2, 0.25) is 0 Å². The van der Waals surface area contributed by atoms with E-state index >= 15 is 0 Å². The SMILES string of the molecule is O=c1[nH]c(-c2cc3ccccc3o2)nc2cc3ccccc3cc12. The molecule has 114 valence electrons. The molecule has 5 rings (SSSR count). The molecule has 0 saturated heterocycles. The molecule has 0 fully saturated rings. The summed E-state index contributed by atoms with van der Waals surface area (Å²) in [6.45, 7) is 0. The molecule has 0 unspecified atom stereocenters. The molecule has 4 nitrogen and oxygen atoms in total. The zero-order chi connectivity index (χ0) is 16.1. The summed E-state index contributed by atoms with van der Waals surface area (Å²) in [7, 11) is 0. The molecule has 0 atom stereocenters. The van der Waals surface area contributed by atoms with Crippen molar-refractivity contribution < 1.29 is 4.42 Å². The van der Waals surface area contributed by atoms with Gasteiger partial charge in [0.05, 0.1) is 10.9 Å². The lowest BCUT2D eigenvalue weighted by atomic mass is 10.1. The van der Waals surface area contributed by atoms with Crippen LogP contribution in [0.3, 0.4) is 0 Å². The molecule has 0 aliphatic rings. The molecular weight excluding hydrogens is 300 g/mol. The highest BCUT2D eigenvalue weighted by Gasteiger charge is 2.11. The molecule has 24 heavy (non-hydrogen) atoms. The maximum absolute atomic E-state index is 12.5. The number of fused-ring (bicyclic) bond motifs is 3. The summed E-state index contributed by atoms with van der Waals surface area (Å²) in [4.78, 5) is 19.9. The Morgan fingerprint density at radius 2 is 1.54 bits per heavy atom. The predicted octanol–water partition coefficient (Wildman–Crippen LogP) is 4.49. The zero-order valence-corrected chi connectivity index (χ0v) is 12.6. The molecule has 4 heteroatoms. The minimum absolute atomic E-state index is 0.166. The lowest BCUT2D eigenvalue weighted by molar-refractivity contribution is 0.625. The standard InChI is InChI=1S/C20H12N2O2/c23-20-15-9-12-5-1-2-6-13(12)10-16(15)21-19(22-20)18-11-14-7-3-4-8-17(14)24-18/h1-11H,(H,21,22,23). The van der Waals surface area contributed by atoms with E-state index in [1.54, 1.807) is 0 Å². The third-order valence-corrected chi connectivity index (χ3v) is 4.23. The van der Waals surface area contributed by atoms with Crippen molar-refractivity contribution in [1.82, 2.24) is 9.97 Å². The molecule has 0 amide bonds. The van der Waals surface area contributed by atoms with Gasteiger partial charge in [0.25, 0.3) is 5.56 Å². The summed E-state index contributed by atoms with van der Waals surface area (Å²) in [5, 5.41) is 3.63. The molecule has 5 aromatic rings. The van der Waals surface area contributed by atoms with E-state index in [2.05, 4.69) is 9.97 Å². The van der Waals surface area contributed by atoms with Crippen molar-refractivity contribution >= 4 is 32.6 Å². The number of rotatable bonds is 1. The molecule has 2 aromatic heterocycles. The Labute approximate surface area is 136 Å². The molecule has 0 aliphatic heterocycles. The van der Waals surface area contributed by atoms with Crippen LogP contribution in [-0.4, -0.2) is 9.97 Å². The van der Waals surface area contributed by atoms with Crippen molar-refractivity contribution in [3.05, 3.63) is 77.1 Å². The topological polar surface area (TPSA) is 58.9 Å². The second-order valence-corrected chi connectivity index (χ2v) is 5.78. The Bertz CT molecular complexity index is 1250. The van der Waals surface area contributed by atoms with Crippen LogP contribution < -0.4 is 5.56 Å². The number of H-pyrrole nitrogens is 1. The van der Waals surface area contributed by atoms with E-state index in [1.165, 1.54) is 0 Å². The average Bonchev–Trinajstić information content (AvgIpc) is 3.04. The third-order valence-electron chi connectivity index (χ3n) is 4.23. The minimum atomic E-state index is -0.166. The van der Waals surface area contributed by atoms with Gasteiger partial charge in [0, 0.05) is 5.39 Å². The van der Waals surface area contributed by atoms with Crippen LogP contribution in [0.15, 0.2) is 75.9 Å². The molecule has 2 heterocycles. The molecule has 0 aliphatic carbocycles. The molecule has 0 bridgehead atoms. The monoisotopic (exact) mass is 312 g/mol. The van der Waals surface area contributed by atoms with Crippen LogP contribution in [0.4, 0.5) is 0 Å². The smallest absolute Gasteiger partial charge is 0.259 e. The number of aromatic amines is 1. The van der Waals surface area contributed by atoms with Crippen LogP contribution in [0.5, 0.6) is 0 Å². The molecule has 3 aromatic carbocycles. The Balaban J connectivity index is 1.80. The van der Waals surface area contributed by atoms with Gasteiger partial charge < -0.3 is 9.40 Å². The lowest BCUT2D eigenvalue weighted by Crippen LogP contribution is -2.09. The third kappa shape index (κ3) is 1.93. The van der Waals surface area contributed by atoms with Crippen LogP contribution in [0, 0.1) is 0 Å². The van der Waals surface area contributed by atoms with Crippen LogP contribution >= 0.6 is 0 Å². The van der Waals surface area contributed by atoms with Crippen molar-refractivity contribution in [2.24, 2.45) is 0 Å². The van der Waals surface area contributed by atoms with Gasteiger partial charge in [-0.2, -0.15) is 0 Å². The van der Waals surface area contributed by atoms with E-state index in [1.807, 2.05) is 66.7 Å². The number of hydrogen-bond donors (Lipinski definition) is 1. The van der Waals surface area contributed by atoms with E-state index < -0.39 is 0 Å². The predicted molar refractivity (Wildman–Crippen MR) is 95.1 cm³/mol. The molecule has 1 N–H and O–H groups in total. The zero-order valence-electron chi connectivity index (χ0n) is 12.6. The largest absolute Gasteiger partial charge is 0.453 e. The fraction of sp³-hybridized carbons (Fsp3) is 0. The summed E-state index contributed by atoms with van der Waals surface area (Å²) in [6, 6.07) is 21.4. The fourth-order valence-corrected chi connectivity index (χ4v) is 3.04. The second-order valence-electron chi connectivity index (χ2n) is 5.78. The molecule has 0 radical (unpaired) electrons. The maximum Gasteiger partial charge on any atom is 0.259 e. The summed E-state index contributed by atoms with van der Waals surface area (Å²) in [5.74, 6) is 1.00. The molecule has 0 spiro atoms. The highest BCUT2D eigenvalue weighted by atomic mass is 16.3. The number of para-hydroxylation sites is 1. The Hall–Kier alpha value is -3.40. The minimum Gasteiger partial charge on any atom is -0.453 e. The first-order valence-electron chi connectivity index (χ1n) is 7.70. The van der Waals surface area contributed by atoms with Gasteiger partial charge in [-0.05, 0) is 35.0 Å². The number of benzene rings is 3. The van der Waals surface area contributed by atoms with Gasteiger partial charge >= 0.3 is 0 Å². The highest BCUT2D eigenvalue weighted by molar-refractivity contribution is 5.96. The maximum atomic E-state index is 12.5. The first-order valence-corrected chi connectivity index (χ1v) is 7.70. The van der Waals surface area contributed by atoms with Crippen LogP contribution in [0.2, 0.25) is 0 Å². The van der Waals surface area contributed by atoms with Crippen molar-refractivity contribution in [1.29, 1.82) is 0 Å². The van der Waals surface area contributed by atoms with E-state index in [-0.39, 0.29) is 5.56 Å². The van der Waals surface area contributed by atoms with E-state index in [0.29, 0.717) is 22.5 Å². The number of aromatic nitrogens is 2. The average molecular weight is 312 g/mol. The number of nitrogens with zero attached hydrogens (tertiary/aromatic N) is 1. The van der Waals surface area contributed by atoms with Crippen LogP contribution in [0.1, 0.15) is 0 Å². The summed E-state index contributed by atoms with van der Waals surface area (Å²) in [6.07, 6.45) is 0. The van der Waals surface area contributed by atoms with E-state index in [0.717, 1.165) is 21.7 Å². The van der Waals surface area contributed by atoms with Crippen molar-refractivity contribution in [2.45, 2.75) is 0 Å². The normalized spacial score (nSPS) is 11.5. The molecule has 0 saturated carbocycles. The van der Waals surface area contributed by atoms with Crippen molar-refractivity contribution in [3.8, 4) is 11.6 Å². The molecular formula is C20H12N2O2. The Kier molecular flexibility index (Phi) is 2.61. The fourth-order valence-electron chi connectivity index (χ4n) is 3.04. The quantitative estimate of drug-likeness (QED) is 0.464. The van der Waals surface area contributed by atoms with Gasteiger partial charge in [-0.15, -0.1) is 0 Å². The van der Waals surface area contributed by atoms with E-state index in [4.69, 9.17) is 4.42 Å². The first kappa shape index (κ1) is 13.1. The highest BCUT2D eigenvalue weighted by Crippen LogP contribution is 2.26. The Morgan fingerprint density at radius 3 is 2.33 bits per heavy atom. The summed E-state index contributed by atoms with van der Waals surface area (Å²) >= 11 is 0. The van der Waals surface area contributed by atoms with E-state index in [9.17, 15) is 4.79 Å². The number of hydrogen-bond acceptors (Lipinski definition) is 3. The number of nitrogens with one attached hydrogen (secondary N) is 1. The summed E-state index contributed by atoms with van der Waals surface area (Å²) < 4.78 is 5.81. The lowest BCUT2D eigenvalue weighted by Gasteiger charge is -2.03. The van der Waals surface area contributed by atoms with Crippen LogP contribution in [0.25, 0.3) is 44.2 Å². The first-order chi connectivity index (χ1) is 11.8. The van der Waals surface area contributed by atoms with Gasteiger partial charge in [-0.25, -0.2) is 4.98 Å².